The van der Waals surface area contributed by atoms with Crippen molar-refractivity contribution in [2.75, 3.05) is 6.67 Å². The number of carbonyl (C=O) groups is 1. The van der Waals surface area contributed by atoms with Gasteiger partial charge in [0.15, 0.2) is 0 Å². The molecule has 0 saturated carbocycles. The van der Waals surface area contributed by atoms with Gasteiger partial charge in [0.25, 0.3) is 0 Å². The van der Waals surface area contributed by atoms with E-state index >= 15 is 0 Å². The summed E-state index contributed by atoms with van der Waals surface area (Å²) in [6.45, 7) is 0.392. The van der Waals surface area contributed by atoms with Gasteiger partial charge in [0.1, 0.15) is 0 Å². The molecule has 0 aromatic heterocycles. The van der Waals surface area contributed by atoms with E-state index in [1.807, 2.05) is 0 Å². The van der Waals surface area contributed by atoms with Gasteiger partial charge in [-0.15, -0.1) is 0 Å². The Bertz CT molecular complexity index is 452. The molecule has 0 aromatic rings. The lowest BCUT2D eigenvalue weighted by molar-refractivity contribution is -0.125. The zero-order valence-electron chi connectivity index (χ0n) is 7.80. The predicted octanol–water partition coefficient (Wildman–Crippen LogP) is -1.61. The molecule has 2 aliphatic rings. The highest BCUT2D eigenvalue weighted by atomic mass is 32.2. The molecule has 4 N–H and O–H groups in total. The zero-order chi connectivity index (χ0) is 11.1. The van der Waals surface area contributed by atoms with Crippen molar-refractivity contribution in [1.29, 1.82) is 0 Å². The molecule has 1 aliphatic carbocycles. The number of fused-ring (bicyclic) bond motifs is 1. The van der Waals surface area contributed by atoms with E-state index in [1.54, 1.807) is 6.08 Å². The molecular weight excluding hydrogens is 218 g/mol. The quantitative estimate of drug-likeness (QED) is 0.503. The Morgan fingerprint density at radius 1 is 1.47 bits per heavy atom. The fraction of sp³-hybridized carbons (Fsp3) is 0.375. The molecule has 82 valence electrons. The number of hydrogen-bond donors (Lipinski definition) is 3. The highest BCUT2D eigenvalue weighted by molar-refractivity contribution is 7.93. The molecule has 2 unspecified atom stereocenters. The van der Waals surface area contributed by atoms with E-state index in [0.717, 1.165) is 0 Å². The summed E-state index contributed by atoms with van der Waals surface area (Å²) in [4.78, 5) is 11.4. The van der Waals surface area contributed by atoms with Crippen LogP contribution >= 0.6 is 0 Å². The van der Waals surface area contributed by atoms with Gasteiger partial charge in [0, 0.05) is 6.04 Å². The lowest BCUT2D eigenvalue weighted by atomic mass is 9.93. The molecule has 0 bridgehead atoms. The molecule has 1 heterocycles. The monoisotopic (exact) mass is 229 g/mol. The molecule has 1 saturated heterocycles. The molecule has 2 rings (SSSR count). The number of hydrogen-bond acceptors (Lipinski definition) is 4. The Labute approximate surface area is 87.3 Å². The summed E-state index contributed by atoms with van der Waals surface area (Å²) >= 11 is 0. The summed E-state index contributed by atoms with van der Waals surface area (Å²) < 4.78 is 22.1. The molecule has 7 heteroatoms. The van der Waals surface area contributed by atoms with Gasteiger partial charge in [-0.1, -0.05) is 12.2 Å². The van der Waals surface area contributed by atoms with Gasteiger partial charge >= 0.3 is 0 Å². The van der Waals surface area contributed by atoms with Crippen LogP contribution in [0.2, 0.25) is 0 Å². The van der Waals surface area contributed by atoms with Crippen molar-refractivity contribution in [3.8, 4) is 0 Å². The third kappa shape index (κ3) is 1.94. The smallest absolute Gasteiger partial charge is 0.237 e. The Kier molecular flexibility index (Phi) is 2.37. The number of rotatable bonds is 1. The summed E-state index contributed by atoms with van der Waals surface area (Å²) in [6, 6.07) is -0.149. The average molecular weight is 229 g/mol. The minimum Gasteiger partial charge on any atom is -0.343 e. The predicted molar refractivity (Wildman–Crippen MR) is 53.8 cm³/mol. The molecule has 1 aliphatic heterocycles. The van der Waals surface area contributed by atoms with Crippen molar-refractivity contribution in [2.24, 2.45) is 11.1 Å². The highest BCUT2D eigenvalue weighted by Crippen LogP contribution is 2.21. The first kappa shape index (κ1) is 10.3. The lowest BCUT2D eigenvalue weighted by Gasteiger charge is -2.30. The number of nitrogens with one attached hydrogen (secondary N) is 2. The van der Waals surface area contributed by atoms with Crippen LogP contribution in [0.3, 0.4) is 0 Å². The summed E-state index contributed by atoms with van der Waals surface area (Å²) in [6.07, 6.45) is 4.44. The lowest BCUT2D eigenvalue weighted by Crippen LogP contribution is -2.54. The number of primary sulfonamides is 1. The molecule has 6 nitrogen and oxygen atoms in total. The fourth-order valence-corrected chi connectivity index (χ4v) is 2.26. The first-order valence-electron chi connectivity index (χ1n) is 4.42. The van der Waals surface area contributed by atoms with Crippen molar-refractivity contribution in [1.82, 2.24) is 10.6 Å². The van der Waals surface area contributed by atoms with Gasteiger partial charge in [0.05, 0.1) is 17.5 Å². The minimum atomic E-state index is -3.73. The number of nitrogens with two attached hydrogens (primary N) is 1. The van der Waals surface area contributed by atoms with Crippen molar-refractivity contribution in [3.63, 3.8) is 0 Å². The van der Waals surface area contributed by atoms with Gasteiger partial charge in [-0.3, -0.25) is 10.1 Å². The Hall–Kier alpha value is -1.18. The van der Waals surface area contributed by atoms with Gasteiger partial charge in [-0.25, -0.2) is 13.6 Å². The molecular formula is C8H11N3O3S. The van der Waals surface area contributed by atoms with Crippen molar-refractivity contribution >= 4 is 15.9 Å². The third-order valence-electron chi connectivity index (χ3n) is 2.43. The molecule has 15 heavy (non-hydrogen) atoms. The maximum Gasteiger partial charge on any atom is 0.237 e. The fourth-order valence-electron chi connectivity index (χ4n) is 1.65. The first-order valence-corrected chi connectivity index (χ1v) is 5.97. The summed E-state index contributed by atoms with van der Waals surface area (Å²) in [7, 11) is -3.73. The summed E-state index contributed by atoms with van der Waals surface area (Å²) in [5.74, 6) is -0.693. The second kappa shape index (κ2) is 3.44. The normalized spacial score (nSPS) is 30.5. The van der Waals surface area contributed by atoms with Gasteiger partial charge < -0.3 is 5.32 Å². The van der Waals surface area contributed by atoms with E-state index in [0.29, 0.717) is 6.67 Å². The van der Waals surface area contributed by atoms with Crippen LogP contribution in [0.5, 0.6) is 0 Å². The van der Waals surface area contributed by atoms with E-state index in [4.69, 9.17) is 5.14 Å². The van der Waals surface area contributed by atoms with Crippen LogP contribution in [-0.2, 0) is 14.8 Å². The largest absolute Gasteiger partial charge is 0.343 e. The van der Waals surface area contributed by atoms with Crippen molar-refractivity contribution in [3.05, 3.63) is 23.1 Å². The number of sulfonamides is 1. The van der Waals surface area contributed by atoms with E-state index in [9.17, 15) is 13.2 Å². The number of amides is 1. The van der Waals surface area contributed by atoms with Gasteiger partial charge in [0.2, 0.25) is 15.9 Å². The maximum absolute atomic E-state index is 11.4. The van der Waals surface area contributed by atoms with Crippen LogP contribution in [0.1, 0.15) is 0 Å². The standard InChI is InChI=1S/C8H11N3O3S/c9-15(13,14)5-1-2-7-6(3-5)8(12)11-4-10-7/h1-3,6-7,10H,4H2,(H,11,12)(H2,9,13,14). The van der Waals surface area contributed by atoms with Crippen LogP contribution in [-0.4, -0.2) is 27.0 Å². The van der Waals surface area contributed by atoms with Gasteiger partial charge in [-0.2, -0.15) is 0 Å². The van der Waals surface area contributed by atoms with Crippen LogP contribution in [0.4, 0.5) is 0 Å². The highest BCUT2D eigenvalue weighted by Gasteiger charge is 2.32. The number of allylic oxidation sites excluding steroid dienone is 1. The zero-order valence-corrected chi connectivity index (χ0v) is 8.62. The van der Waals surface area contributed by atoms with E-state index in [1.165, 1.54) is 12.2 Å². The van der Waals surface area contributed by atoms with Crippen LogP contribution in [0.15, 0.2) is 23.1 Å². The van der Waals surface area contributed by atoms with Crippen LogP contribution in [0, 0.1) is 5.92 Å². The average Bonchev–Trinajstić information content (AvgIpc) is 2.16. The number of carbonyl (C=O) groups excluding carboxylic acids is 1. The second-order valence-corrected chi connectivity index (χ2v) is 5.01. The summed E-state index contributed by atoms with van der Waals surface area (Å²) in [5.41, 5.74) is 0. The molecule has 1 fully saturated rings. The molecule has 0 aromatic carbocycles. The van der Waals surface area contributed by atoms with E-state index in [-0.39, 0.29) is 16.9 Å². The Balaban J connectivity index is 2.34. The van der Waals surface area contributed by atoms with Crippen LogP contribution in [0.25, 0.3) is 0 Å². The molecule has 1 amide bonds. The maximum atomic E-state index is 11.4. The van der Waals surface area contributed by atoms with E-state index in [2.05, 4.69) is 10.6 Å². The molecule has 2 atom stereocenters. The minimum absolute atomic E-state index is 0.0115. The van der Waals surface area contributed by atoms with E-state index < -0.39 is 15.9 Å². The SMILES string of the molecule is NS(=O)(=O)C1=CC2C(=O)NCNC2C=C1. The van der Waals surface area contributed by atoms with Crippen molar-refractivity contribution < 1.29 is 13.2 Å². The molecule has 0 radical (unpaired) electrons. The topological polar surface area (TPSA) is 101 Å². The Morgan fingerprint density at radius 2 is 2.20 bits per heavy atom. The third-order valence-corrected chi connectivity index (χ3v) is 3.36. The van der Waals surface area contributed by atoms with Crippen LogP contribution < -0.4 is 15.8 Å². The first-order chi connectivity index (χ1) is 6.98. The summed E-state index contributed by atoms with van der Waals surface area (Å²) in [5, 5.41) is 10.6. The second-order valence-electron chi connectivity index (χ2n) is 3.45. The van der Waals surface area contributed by atoms with Gasteiger partial charge in [-0.05, 0) is 6.08 Å². The van der Waals surface area contributed by atoms with Crippen molar-refractivity contribution in [2.45, 2.75) is 6.04 Å². The Morgan fingerprint density at radius 3 is 2.87 bits per heavy atom. The molecule has 0 spiro atoms.